The van der Waals surface area contributed by atoms with E-state index in [0.29, 0.717) is 18.7 Å². The number of hydrogen-bond acceptors (Lipinski definition) is 5. The molecule has 0 atom stereocenters. The van der Waals surface area contributed by atoms with E-state index in [4.69, 9.17) is 4.74 Å². The number of ether oxygens (including phenoxy) is 1. The van der Waals surface area contributed by atoms with Gasteiger partial charge in [-0.3, -0.25) is 9.59 Å². The zero-order valence-corrected chi connectivity index (χ0v) is 15.9. The predicted molar refractivity (Wildman–Crippen MR) is 94.7 cm³/mol. The number of rotatable bonds is 9. The highest BCUT2D eigenvalue weighted by molar-refractivity contribution is 7.89. The molecule has 0 heterocycles. The summed E-state index contributed by atoms with van der Waals surface area (Å²) in [6.07, 6.45) is -0.110. The maximum Gasteiger partial charge on any atom is 0.307 e. The number of amides is 1. The molecule has 25 heavy (non-hydrogen) atoms. The molecule has 0 unspecified atom stereocenters. The van der Waals surface area contributed by atoms with E-state index in [0.717, 1.165) is 0 Å². The van der Waals surface area contributed by atoms with E-state index in [1.807, 2.05) is 0 Å². The molecule has 0 aromatic heterocycles. The van der Waals surface area contributed by atoms with Crippen LogP contribution in [0.1, 0.15) is 44.5 Å². The molecule has 1 aromatic rings. The summed E-state index contributed by atoms with van der Waals surface area (Å²) in [6, 6.07) is 5.74. The molecule has 0 saturated heterocycles. The zero-order valence-electron chi connectivity index (χ0n) is 15.1. The highest BCUT2D eigenvalue weighted by Gasteiger charge is 2.21. The van der Waals surface area contributed by atoms with Crippen molar-refractivity contribution in [2.45, 2.75) is 45.1 Å². The Morgan fingerprint density at radius 1 is 1.12 bits per heavy atom. The highest BCUT2D eigenvalue weighted by atomic mass is 32.2. The fourth-order valence-corrected chi connectivity index (χ4v) is 3.65. The molecular weight excluding hydrogens is 344 g/mol. The molecule has 7 nitrogen and oxygen atoms in total. The van der Waals surface area contributed by atoms with Gasteiger partial charge in [0, 0.05) is 25.2 Å². The second-order valence-corrected chi connectivity index (χ2v) is 7.60. The molecule has 0 saturated carbocycles. The lowest BCUT2D eigenvalue weighted by atomic mass is 10.2. The number of nitrogens with zero attached hydrogens (tertiary/aromatic N) is 1. The molecule has 0 aliphatic rings. The lowest BCUT2D eigenvalue weighted by Gasteiger charge is -2.18. The summed E-state index contributed by atoms with van der Waals surface area (Å²) in [5, 5.41) is 2.61. The van der Waals surface area contributed by atoms with E-state index in [2.05, 4.69) is 5.32 Å². The monoisotopic (exact) mass is 370 g/mol. The van der Waals surface area contributed by atoms with Crippen LogP contribution in [-0.4, -0.2) is 50.3 Å². The van der Waals surface area contributed by atoms with E-state index in [9.17, 15) is 18.0 Å². The summed E-state index contributed by atoms with van der Waals surface area (Å²) in [5.74, 6) is -0.750. The van der Waals surface area contributed by atoms with Gasteiger partial charge < -0.3 is 10.1 Å². The number of esters is 1. The average Bonchev–Trinajstić information content (AvgIpc) is 2.55. The largest absolute Gasteiger partial charge is 0.463 e. The summed E-state index contributed by atoms with van der Waals surface area (Å²) >= 11 is 0. The first-order valence-electron chi connectivity index (χ1n) is 8.30. The minimum absolute atomic E-state index is 0.0817. The molecule has 8 heteroatoms. The predicted octanol–water partition coefficient (Wildman–Crippen LogP) is 1.79. The Bertz CT molecular complexity index is 679. The first-order valence-corrected chi connectivity index (χ1v) is 9.74. The molecule has 1 N–H and O–H groups in total. The summed E-state index contributed by atoms with van der Waals surface area (Å²) in [6.45, 7) is 7.97. The van der Waals surface area contributed by atoms with Crippen molar-refractivity contribution in [3.8, 4) is 0 Å². The number of sulfonamides is 1. The van der Waals surface area contributed by atoms with E-state index in [1.54, 1.807) is 27.7 Å². The van der Waals surface area contributed by atoms with Gasteiger partial charge in [-0.2, -0.15) is 4.31 Å². The Labute approximate surface area is 149 Å². The van der Waals surface area contributed by atoms with Crippen molar-refractivity contribution in [3.05, 3.63) is 29.8 Å². The number of carbonyl (C=O) groups is 2. The van der Waals surface area contributed by atoms with Crippen LogP contribution in [0.5, 0.6) is 0 Å². The summed E-state index contributed by atoms with van der Waals surface area (Å²) in [4.78, 5) is 23.6. The third kappa shape index (κ3) is 6.13. The van der Waals surface area contributed by atoms with Crippen LogP contribution in [0, 0.1) is 0 Å². The summed E-state index contributed by atoms with van der Waals surface area (Å²) in [5.41, 5.74) is 0.329. The SMILES string of the molecule is CCN(CC)S(=O)(=O)c1ccc(C(=O)NCCC(=O)OC(C)C)cc1. The molecule has 0 aliphatic carbocycles. The molecular formula is C17H26N2O5S. The highest BCUT2D eigenvalue weighted by Crippen LogP contribution is 2.16. The van der Waals surface area contributed by atoms with Crippen LogP contribution in [0.4, 0.5) is 0 Å². The second kappa shape index (κ2) is 9.53. The van der Waals surface area contributed by atoms with Crippen molar-refractivity contribution in [2.75, 3.05) is 19.6 Å². The van der Waals surface area contributed by atoms with Crippen molar-refractivity contribution < 1.29 is 22.7 Å². The van der Waals surface area contributed by atoms with Gasteiger partial charge in [0.2, 0.25) is 10.0 Å². The maximum atomic E-state index is 12.4. The van der Waals surface area contributed by atoms with Crippen molar-refractivity contribution in [1.29, 1.82) is 0 Å². The Balaban J connectivity index is 2.67. The van der Waals surface area contributed by atoms with Gasteiger partial charge in [-0.25, -0.2) is 8.42 Å². The number of carbonyl (C=O) groups excluding carboxylic acids is 2. The van der Waals surface area contributed by atoms with Crippen LogP contribution in [0.3, 0.4) is 0 Å². The fraction of sp³-hybridized carbons (Fsp3) is 0.529. The van der Waals surface area contributed by atoms with Crippen molar-refractivity contribution >= 4 is 21.9 Å². The van der Waals surface area contributed by atoms with E-state index in [-0.39, 0.29) is 35.8 Å². The number of hydrogen-bond donors (Lipinski definition) is 1. The smallest absolute Gasteiger partial charge is 0.307 e. The number of nitrogens with one attached hydrogen (secondary N) is 1. The van der Waals surface area contributed by atoms with Gasteiger partial charge in [0.05, 0.1) is 17.4 Å². The Morgan fingerprint density at radius 3 is 2.16 bits per heavy atom. The molecule has 0 fully saturated rings. The minimum Gasteiger partial charge on any atom is -0.463 e. The molecule has 0 bridgehead atoms. The van der Waals surface area contributed by atoms with Gasteiger partial charge in [0.1, 0.15) is 0 Å². The van der Waals surface area contributed by atoms with Crippen LogP contribution >= 0.6 is 0 Å². The van der Waals surface area contributed by atoms with Gasteiger partial charge in [0.25, 0.3) is 5.91 Å². The maximum absolute atomic E-state index is 12.4. The van der Waals surface area contributed by atoms with Crippen molar-refractivity contribution in [1.82, 2.24) is 9.62 Å². The lowest BCUT2D eigenvalue weighted by Crippen LogP contribution is -2.30. The first-order chi connectivity index (χ1) is 11.7. The van der Waals surface area contributed by atoms with Crippen LogP contribution in [0.15, 0.2) is 29.2 Å². The Kier molecular flexibility index (Phi) is 8.05. The fourth-order valence-electron chi connectivity index (χ4n) is 2.19. The summed E-state index contributed by atoms with van der Waals surface area (Å²) < 4.78 is 31.1. The molecule has 0 aliphatic heterocycles. The van der Waals surface area contributed by atoms with E-state index in [1.165, 1.54) is 28.6 Å². The molecule has 0 radical (unpaired) electrons. The third-order valence-electron chi connectivity index (χ3n) is 3.44. The normalized spacial score (nSPS) is 11.6. The molecule has 1 aromatic carbocycles. The van der Waals surface area contributed by atoms with Gasteiger partial charge in [-0.15, -0.1) is 0 Å². The van der Waals surface area contributed by atoms with Gasteiger partial charge in [-0.05, 0) is 38.1 Å². The molecule has 1 amide bonds. The second-order valence-electron chi connectivity index (χ2n) is 5.66. The minimum atomic E-state index is -3.54. The van der Waals surface area contributed by atoms with Gasteiger partial charge >= 0.3 is 5.97 Å². The average molecular weight is 370 g/mol. The standard InChI is InChI=1S/C17H26N2O5S/c1-5-19(6-2)25(22,23)15-9-7-14(8-10-15)17(21)18-12-11-16(20)24-13(3)4/h7-10,13H,5-6,11-12H2,1-4H3,(H,18,21). The third-order valence-corrected chi connectivity index (χ3v) is 5.51. The van der Waals surface area contributed by atoms with Crippen LogP contribution < -0.4 is 5.32 Å². The van der Waals surface area contributed by atoms with E-state index >= 15 is 0 Å². The molecule has 0 spiro atoms. The quantitative estimate of drug-likeness (QED) is 0.669. The Morgan fingerprint density at radius 2 is 1.68 bits per heavy atom. The molecule has 140 valence electrons. The van der Waals surface area contributed by atoms with E-state index < -0.39 is 10.0 Å². The first kappa shape index (κ1) is 21.1. The lowest BCUT2D eigenvalue weighted by molar-refractivity contribution is -0.147. The topological polar surface area (TPSA) is 92.8 Å². The van der Waals surface area contributed by atoms with Crippen LogP contribution in [0.25, 0.3) is 0 Å². The van der Waals surface area contributed by atoms with Gasteiger partial charge in [0.15, 0.2) is 0 Å². The van der Waals surface area contributed by atoms with Gasteiger partial charge in [-0.1, -0.05) is 13.8 Å². The van der Waals surface area contributed by atoms with Crippen LogP contribution in [0.2, 0.25) is 0 Å². The Hall–Kier alpha value is -1.93. The van der Waals surface area contributed by atoms with Crippen LogP contribution in [-0.2, 0) is 19.6 Å². The summed E-state index contributed by atoms with van der Waals surface area (Å²) in [7, 11) is -3.54. The number of benzene rings is 1. The zero-order chi connectivity index (χ0) is 19.0. The van der Waals surface area contributed by atoms with Crippen molar-refractivity contribution in [2.24, 2.45) is 0 Å². The molecule has 1 rings (SSSR count). The van der Waals surface area contributed by atoms with Crippen molar-refractivity contribution in [3.63, 3.8) is 0 Å².